The predicted octanol–water partition coefficient (Wildman–Crippen LogP) is 13.3. The first kappa shape index (κ1) is 66.5. The van der Waals surface area contributed by atoms with Crippen LogP contribution in [-0.4, -0.2) is 97.5 Å². The van der Waals surface area contributed by atoms with Crippen molar-refractivity contribution in [3.05, 3.63) is 122 Å². The van der Waals surface area contributed by atoms with Gasteiger partial charge in [0.15, 0.2) is 6.29 Å². The van der Waals surface area contributed by atoms with Crippen molar-refractivity contribution in [2.24, 2.45) is 0 Å². The molecule has 1 saturated heterocycles. The first-order chi connectivity index (χ1) is 35.1. The van der Waals surface area contributed by atoms with E-state index in [9.17, 15) is 33.1 Å². The molecule has 6 unspecified atom stereocenters. The number of carbonyl (C=O) groups is 1. The molecule has 1 aliphatic rings. The normalized spacial score (nSPS) is 19.9. The van der Waals surface area contributed by atoms with E-state index < -0.39 is 59.8 Å². The summed E-state index contributed by atoms with van der Waals surface area (Å²) in [5.74, 6) is -0.426. The molecule has 0 aliphatic carbocycles. The Morgan fingerprint density at radius 1 is 0.528 bits per heavy atom. The zero-order valence-corrected chi connectivity index (χ0v) is 45.0. The Bertz CT molecular complexity index is 1710. The van der Waals surface area contributed by atoms with Gasteiger partial charge in [0, 0.05) is 13.0 Å². The van der Waals surface area contributed by atoms with Crippen molar-refractivity contribution in [2.45, 2.75) is 218 Å². The zero-order valence-electron chi connectivity index (χ0n) is 44.2. The molecule has 4 N–H and O–H groups in total. The lowest BCUT2D eigenvalue weighted by molar-refractivity contribution is -0.301. The van der Waals surface area contributed by atoms with Gasteiger partial charge in [-0.05, 0) is 103 Å². The fraction of sp³-hybridized carbons (Fsp3) is 0.644. The van der Waals surface area contributed by atoms with Gasteiger partial charge in [0.25, 0.3) is 0 Å². The molecule has 6 atom stereocenters. The highest BCUT2D eigenvalue weighted by atomic mass is 32.3. The predicted molar refractivity (Wildman–Crippen MR) is 294 cm³/mol. The Hall–Kier alpha value is -3.50. The lowest BCUT2D eigenvalue weighted by atomic mass is 9.99. The number of rotatable bonds is 46. The number of aliphatic hydroxyl groups is 3. The van der Waals surface area contributed by atoms with E-state index in [1.807, 2.05) is 0 Å². The maximum absolute atomic E-state index is 12.9. The summed E-state index contributed by atoms with van der Waals surface area (Å²) in [4.78, 5) is 12.9. The summed E-state index contributed by atoms with van der Waals surface area (Å²) in [5.41, 5.74) is 0. The number of allylic oxidation sites excluding steroid dienone is 20. The Labute approximate surface area is 436 Å². The smallest absolute Gasteiger partial charge is 0.397 e. The Morgan fingerprint density at radius 2 is 0.917 bits per heavy atom. The minimum absolute atomic E-state index is 0.0131. The van der Waals surface area contributed by atoms with E-state index in [-0.39, 0.29) is 19.6 Å². The zero-order chi connectivity index (χ0) is 52.4. The summed E-state index contributed by atoms with van der Waals surface area (Å²) < 4.78 is 59.3. The van der Waals surface area contributed by atoms with Crippen molar-refractivity contribution in [1.29, 1.82) is 0 Å². The van der Waals surface area contributed by atoms with Crippen LogP contribution in [0.5, 0.6) is 0 Å². The molecule has 0 radical (unpaired) electrons. The van der Waals surface area contributed by atoms with E-state index in [1.54, 1.807) is 0 Å². The van der Waals surface area contributed by atoms with Crippen LogP contribution in [0.15, 0.2) is 122 Å². The van der Waals surface area contributed by atoms with Gasteiger partial charge in [-0.1, -0.05) is 193 Å². The van der Waals surface area contributed by atoms with Crippen LogP contribution in [0.25, 0.3) is 0 Å². The van der Waals surface area contributed by atoms with E-state index in [0.29, 0.717) is 13.0 Å². The van der Waals surface area contributed by atoms with Crippen molar-refractivity contribution in [3.8, 4) is 0 Å². The monoisotopic (exact) mass is 1030 g/mol. The molecule has 0 aromatic carbocycles. The van der Waals surface area contributed by atoms with Gasteiger partial charge in [-0.3, -0.25) is 9.35 Å². The van der Waals surface area contributed by atoms with Gasteiger partial charge in [-0.15, -0.1) is 0 Å². The van der Waals surface area contributed by atoms with Crippen LogP contribution < -0.4 is 0 Å². The van der Waals surface area contributed by atoms with Gasteiger partial charge in [0.05, 0.1) is 19.8 Å². The average molecular weight is 1030 g/mol. The highest BCUT2D eigenvalue weighted by molar-refractivity contribution is 7.80. The van der Waals surface area contributed by atoms with Crippen molar-refractivity contribution < 1.29 is 56.2 Å². The van der Waals surface area contributed by atoms with Crippen LogP contribution in [-0.2, 0) is 38.3 Å². The van der Waals surface area contributed by atoms with Crippen LogP contribution in [0.2, 0.25) is 0 Å². The maximum atomic E-state index is 12.9. The summed E-state index contributed by atoms with van der Waals surface area (Å²) in [6.45, 7) is 3.71. The van der Waals surface area contributed by atoms with Gasteiger partial charge in [0.1, 0.15) is 30.5 Å². The molecule has 12 nitrogen and oxygen atoms in total. The van der Waals surface area contributed by atoms with Gasteiger partial charge in [-0.2, -0.15) is 8.42 Å². The SMILES string of the molecule is CC/C=C\C/C=C\C/C=C\C/C=C\C/C=C\CCCCCCCCCCOCC(COC1OC(CO)C(O)C(OS(=O)(=O)O)C1O)OC(=O)CCCCCCC/C=C\C/C=C\C/C=C\C/C=C\C/C=C\CC. The molecule has 72 heavy (non-hydrogen) atoms. The number of esters is 1. The van der Waals surface area contributed by atoms with Crippen LogP contribution in [0.3, 0.4) is 0 Å². The van der Waals surface area contributed by atoms with Gasteiger partial charge >= 0.3 is 16.4 Å². The first-order valence-electron chi connectivity index (χ1n) is 27.3. The van der Waals surface area contributed by atoms with Crippen LogP contribution in [0.1, 0.15) is 181 Å². The molecule has 0 spiro atoms. The van der Waals surface area contributed by atoms with Gasteiger partial charge < -0.3 is 34.3 Å². The molecule has 1 fully saturated rings. The molecular formula is C59H96O12S. The third kappa shape index (κ3) is 40.9. The third-order valence-corrected chi connectivity index (χ3v) is 12.0. The topological polar surface area (TPSA) is 178 Å². The number of unbranched alkanes of at least 4 members (excludes halogenated alkanes) is 13. The van der Waals surface area contributed by atoms with E-state index >= 15 is 0 Å². The minimum Gasteiger partial charge on any atom is -0.457 e. The molecule has 0 saturated carbocycles. The van der Waals surface area contributed by atoms with E-state index in [0.717, 1.165) is 128 Å². The largest absolute Gasteiger partial charge is 0.457 e. The summed E-state index contributed by atoms with van der Waals surface area (Å²) in [7, 11) is -5.08. The minimum atomic E-state index is -5.08. The number of carbonyl (C=O) groups excluding carboxylic acids is 1. The van der Waals surface area contributed by atoms with Gasteiger partial charge in [0.2, 0.25) is 0 Å². The molecular weight excluding hydrogens is 933 g/mol. The van der Waals surface area contributed by atoms with Crippen LogP contribution in [0.4, 0.5) is 0 Å². The van der Waals surface area contributed by atoms with Crippen LogP contribution >= 0.6 is 0 Å². The average Bonchev–Trinajstić information content (AvgIpc) is 3.36. The summed E-state index contributed by atoms with van der Waals surface area (Å²) in [6.07, 6.45) is 60.8. The second-order valence-electron chi connectivity index (χ2n) is 18.1. The van der Waals surface area contributed by atoms with E-state index in [1.165, 1.54) is 25.7 Å². The fourth-order valence-electron chi connectivity index (χ4n) is 7.55. The van der Waals surface area contributed by atoms with E-state index in [2.05, 4.69) is 140 Å². The number of ether oxygens (including phenoxy) is 4. The van der Waals surface area contributed by atoms with Crippen LogP contribution in [0, 0.1) is 0 Å². The van der Waals surface area contributed by atoms with Crippen molar-refractivity contribution in [3.63, 3.8) is 0 Å². The Balaban J connectivity index is 2.37. The third-order valence-electron chi connectivity index (χ3n) is 11.6. The molecule has 0 aromatic heterocycles. The molecule has 0 aromatic rings. The second kappa shape index (κ2) is 48.4. The molecule has 13 heteroatoms. The summed E-state index contributed by atoms with van der Waals surface area (Å²) >= 11 is 0. The summed E-state index contributed by atoms with van der Waals surface area (Å²) in [5, 5.41) is 30.8. The quantitative estimate of drug-likeness (QED) is 0.0197. The van der Waals surface area contributed by atoms with Crippen molar-refractivity contribution in [1.82, 2.24) is 0 Å². The molecule has 0 bridgehead atoms. The highest BCUT2D eigenvalue weighted by Crippen LogP contribution is 2.26. The van der Waals surface area contributed by atoms with Gasteiger partial charge in [-0.25, -0.2) is 4.18 Å². The number of hydrogen-bond acceptors (Lipinski definition) is 11. The maximum Gasteiger partial charge on any atom is 0.397 e. The molecule has 410 valence electrons. The number of hydrogen-bond donors (Lipinski definition) is 4. The highest BCUT2D eigenvalue weighted by Gasteiger charge is 2.48. The molecule has 0 amide bonds. The Kier molecular flexibility index (Phi) is 44.7. The molecule has 1 rings (SSSR count). The first-order valence-corrected chi connectivity index (χ1v) is 28.7. The lowest BCUT2D eigenvalue weighted by Gasteiger charge is -2.41. The van der Waals surface area contributed by atoms with Crippen molar-refractivity contribution in [2.75, 3.05) is 26.4 Å². The van der Waals surface area contributed by atoms with E-state index in [4.69, 9.17) is 18.9 Å². The Morgan fingerprint density at radius 3 is 1.33 bits per heavy atom. The van der Waals surface area contributed by atoms with Crippen molar-refractivity contribution >= 4 is 16.4 Å². The number of aliphatic hydroxyl groups excluding tert-OH is 3. The molecule has 1 aliphatic heterocycles. The second-order valence-corrected chi connectivity index (χ2v) is 19.1. The fourth-order valence-corrected chi connectivity index (χ4v) is 8.06. The lowest BCUT2D eigenvalue weighted by Crippen LogP contribution is -2.60. The standard InChI is InChI=1S/C59H96O12S/c1-3-5-7-9-11-13-15-17-19-21-23-25-26-27-29-31-33-35-37-39-41-43-45-47-49-67-51-53(52-68-59-57(63)58(71-72(64,65)66)56(62)54(50-60)70-59)69-55(61)48-46-44-42-40-38-36-34-32-30-28-24-22-20-18-16-14-12-10-8-6-4-2/h5-8,11-14,17-20,23-25,27-29,32,34,53-54,56-60,62-63H,3-4,9-10,15-16,21-22,26,30-31,33,35-52H2,1-2H3,(H,64,65,66)/b7-5-,8-6-,13-11-,14-12-,19-17-,20-18-,25-23-,28-24-,29-27-,34-32-. The summed E-state index contributed by atoms with van der Waals surface area (Å²) in [6, 6.07) is 0. The molecule has 1 heterocycles.